The van der Waals surface area contributed by atoms with Crippen molar-refractivity contribution in [2.24, 2.45) is 5.92 Å². The molecule has 0 aromatic heterocycles. The Morgan fingerprint density at radius 1 is 1.32 bits per heavy atom. The minimum Gasteiger partial charge on any atom is -0.497 e. The Kier molecular flexibility index (Phi) is 4.87. The molecule has 19 heavy (non-hydrogen) atoms. The number of hydrogen-bond donors (Lipinski definition) is 1. The van der Waals surface area contributed by atoms with E-state index in [0.717, 1.165) is 0 Å². The van der Waals surface area contributed by atoms with Gasteiger partial charge in [-0.05, 0) is 12.1 Å². The maximum atomic E-state index is 12.4. The van der Waals surface area contributed by atoms with E-state index in [1.54, 1.807) is 6.07 Å². The number of anilines is 1. The Morgan fingerprint density at radius 3 is 2.47 bits per heavy atom. The van der Waals surface area contributed by atoms with E-state index in [2.05, 4.69) is 5.32 Å². The molecule has 0 amide bonds. The van der Waals surface area contributed by atoms with Crippen molar-refractivity contribution in [3.63, 3.8) is 0 Å². The Labute approximate surface area is 108 Å². The normalized spacial score (nSPS) is 12.4. The molecule has 0 bridgehead atoms. The van der Waals surface area contributed by atoms with Gasteiger partial charge < -0.3 is 14.8 Å². The molecule has 0 spiro atoms. The van der Waals surface area contributed by atoms with Gasteiger partial charge in [-0.1, -0.05) is 0 Å². The molecular weight excluding hydrogens is 261 g/mol. The second-order valence-electron chi connectivity index (χ2n) is 3.67. The third kappa shape index (κ3) is 3.95. The minimum atomic E-state index is -4.55. The van der Waals surface area contributed by atoms with Gasteiger partial charge >= 0.3 is 6.18 Å². The first kappa shape index (κ1) is 15.0. The van der Waals surface area contributed by atoms with Gasteiger partial charge in [-0.3, -0.25) is 0 Å². The summed E-state index contributed by atoms with van der Waals surface area (Å²) in [6.07, 6.45) is -4.55. The van der Waals surface area contributed by atoms with E-state index in [1.165, 1.54) is 32.4 Å². The van der Waals surface area contributed by atoms with E-state index in [9.17, 15) is 13.2 Å². The molecule has 0 saturated heterocycles. The summed E-state index contributed by atoms with van der Waals surface area (Å²) in [5.41, 5.74) is 0.368. The maximum Gasteiger partial charge on any atom is 0.406 e. The lowest BCUT2D eigenvalue weighted by Crippen LogP contribution is -2.28. The number of alkyl halides is 3. The van der Waals surface area contributed by atoms with Crippen molar-refractivity contribution >= 4 is 5.69 Å². The summed E-state index contributed by atoms with van der Waals surface area (Å²) in [4.78, 5) is 0. The first-order valence-electron chi connectivity index (χ1n) is 5.34. The van der Waals surface area contributed by atoms with Gasteiger partial charge in [0, 0.05) is 12.6 Å². The molecule has 0 heterocycles. The fourth-order valence-electron chi connectivity index (χ4n) is 1.39. The number of ether oxygens (including phenoxy) is 2. The molecule has 0 aliphatic heterocycles. The van der Waals surface area contributed by atoms with Crippen LogP contribution in [0.15, 0.2) is 18.2 Å². The first-order valence-corrected chi connectivity index (χ1v) is 5.34. The van der Waals surface area contributed by atoms with E-state index in [4.69, 9.17) is 14.7 Å². The monoisotopic (exact) mass is 274 g/mol. The maximum absolute atomic E-state index is 12.4. The molecule has 0 radical (unpaired) electrons. The molecule has 1 rings (SSSR count). The van der Waals surface area contributed by atoms with Gasteiger partial charge in [0.1, 0.15) is 11.5 Å². The van der Waals surface area contributed by atoms with Crippen LogP contribution in [-0.4, -0.2) is 26.9 Å². The lowest BCUT2D eigenvalue weighted by Gasteiger charge is -2.16. The lowest BCUT2D eigenvalue weighted by molar-refractivity contribution is -0.155. The third-order valence-electron chi connectivity index (χ3n) is 2.46. The highest BCUT2D eigenvalue weighted by atomic mass is 19.4. The van der Waals surface area contributed by atoms with Crippen molar-refractivity contribution in [2.75, 3.05) is 26.1 Å². The molecule has 0 fully saturated rings. The smallest absolute Gasteiger partial charge is 0.406 e. The second kappa shape index (κ2) is 6.18. The summed E-state index contributed by atoms with van der Waals surface area (Å²) in [5.74, 6) is -1.20. The predicted octanol–water partition coefficient (Wildman–Crippen LogP) is 2.82. The Balaban J connectivity index is 2.80. The zero-order valence-electron chi connectivity index (χ0n) is 10.4. The Bertz CT molecular complexity index is 469. The van der Waals surface area contributed by atoms with E-state index >= 15 is 0 Å². The van der Waals surface area contributed by atoms with Crippen molar-refractivity contribution in [1.82, 2.24) is 0 Å². The van der Waals surface area contributed by atoms with E-state index in [0.29, 0.717) is 17.2 Å². The van der Waals surface area contributed by atoms with Crippen LogP contribution in [0.25, 0.3) is 0 Å². The second-order valence-corrected chi connectivity index (χ2v) is 3.67. The fourth-order valence-corrected chi connectivity index (χ4v) is 1.39. The van der Waals surface area contributed by atoms with Crippen molar-refractivity contribution in [3.05, 3.63) is 18.2 Å². The molecule has 1 unspecified atom stereocenters. The van der Waals surface area contributed by atoms with Gasteiger partial charge in [0.2, 0.25) is 0 Å². The Hall–Kier alpha value is -2.10. The van der Waals surface area contributed by atoms with Crippen LogP contribution in [0, 0.1) is 17.2 Å². The van der Waals surface area contributed by atoms with Crippen molar-refractivity contribution < 1.29 is 22.6 Å². The standard InChI is InChI=1S/C12H13F3N2O2/c1-18-9-3-4-10(11(5-9)19-2)17-7-8(6-16)12(13,14)15/h3-5,8,17H,7H2,1-2H3. The van der Waals surface area contributed by atoms with E-state index in [1.807, 2.05) is 0 Å². The molecule has 1 atom stereocenters. The number of nitrogens with one attached hydrogen (secondary N) is 1. The van der Waals surface area contributed by atoms with Gasteiger partial charge in [-0.15, -0.1) is 0 Å². The summed E-state index contributed by atoms with van der Waals surface area (Å²) in [6.45, 7) is -0.539. The van der Waals surface area contributed by atoms with Crippen LogP contribution in [0.3, 0.4) is 0 Å². The van der Waals surface area contributed by atoms with Gasteiger partial charge in [0.25, 0.3) is 0 Å². The largest absolute Gasteiger partial charge is 0.497 e. The summed E-state index contributed by atoms with van der Waals surface area (Å²) in [6, 6.07) is 5.87. The number of halogens is 3. The summed E-state index contributed by atoms with van der Waals surface area (Å²) in [7, 11) is 2.86. The molecule has 104 valence electrons. The van der Waals surface area contributed by atoms with Gasteiger partial charge in [0.05, 0.1) is 26.0 Å². The zero-order valence-corrected chi connectivity index (χ0v) is 10.4. The molecular formula is C12H13F3N2O2. The third-order valence-corrected chi connectivity index (χ3v) is 2.46. The summed E-state index contributed by atoms with van der Waals surface area (Å²) in [5, 5.41) is 11.0. The molecule has 4 nitrogen and oxygen atoms in total. The minimum absolute atomic E-state index is 0.346. The molecule has 0 saturated carbocycles. The van der Waals surface area contributed by atoms with Crippen LogP contribution in [0.2, 0.25) is 0 Å². The average molecular weight is 274 g/mol. The molecule has 1 N–H and O–H groups in total. The van der Waals surface area contributed by atoms with Crippen LogP contribution >= 0.6 is 0 Å². The van der Waals surface area contributed by atoms with Gasteiger partial charge in [-0.25, -0.2) is 0 Å². The molecule has 0 aliphatic rings. The van der Waals surface area contributed by atoms with E-state index < -0.39 is 18.6 Å². The highest BCUT2D eigenvalue weighted by Crippen LogP contribution is 2.31. The quantitative estimate of drug-likeness (QED) is 0.897. The summed E-state index contributed by atoms with van der Waals surface area (Å²) < 4.78 is 47.2. The van der Waals surface area contributed by atoms with Crippen molar-refractivity contribution in [1.29, 1.82) is 5.26 Å². The Morgan fingerprint density at radius 2 is 2.00 bits per heavy atom. The molecule has 0 aliphatic carbocycles. The number of benzene rings is 1. The predicted molar refractivity (Wildman–Crippen MR) is 63.2 cm³/mol. The molecule has 1 aromatic carbocycles. The summed E-state index contributed by atoms with van der Waals surface area (Å²) >= 11 is 0. The highest BCUT2D eigenvalue weighted by molar-refractivity contribution is 5.59. The first-order chi connectivity index (χ1) is 8.92. The highest BCUT2D eigenvalue weighted by Gasteiger charge is 2.39. The van der Waals surface area contributed by atoms with Gasteiger partial charge in [0.15, 0.2) is 5.92 Å². The SMILES string of the molecule is COc1ccc(NCC(C#N)C(F)(F)F)c(OC)c1. The number of hydrogen-bond acceptors (Lipinski definition) is 4. The molecule has 7 heteroatoms. The molecule has 1 aromatic rings. The zero-order chi connectivity index (χ0) is 14.5. The van der Waals surface area contributed by atoms with Crippen LogP contribution in [0.5, 0.6) is 11.5 Å². The van der Waals surface area contributed by atoms with Crippen LogP contribution in [-0.2, 0) is 0 Å². The van der Waals surface area contributed by atoms with E-state index in [-0.39, 0.29) is 0 Å². The number of methoxy groups -OCH3 is 2. The van der Waals surface area contributed by atoms with Crippen molar-refractivity contribution in [2.45, 2.75) is 6.18 Å². The number of nitrogens with zero attached hydrogens (tertiary/aromatic N) is 1. The number of rotatable bonds is 5. The number of nitriles is 1. The van der Waals surface area contributed by atoms with Crippen LogP contribution in [0.4, 0.5) is 18.9 Å². The van der Waals surface area contributed by atoms with Gasteiger partial charge in [-0.2, -0.15) is 18.4 Å². The van der Waals surface area contributed by atoms with Crippen molar-refractivity contribution in [3.8, 4) is 17.6 Å². The van der Waals surface area contributed by atoms with Crippen LogP contribution < -0.4 is 14.8 Å². The topological polar surface area (TPSA) is 54.3 Å². The lowest BCUT2D eigenvalue weighted by atomic mass is 10.1. The fraction of sp³-hybridized carbons (Fsp3) is 0.417. The van der Waals surface area contributed by atoms with Crippen LogP contribution in [0.1, 0.15) is 0 Å². The average Bonchev–Trinajstić information content (AvgIpc) is 2.38.